The van der Waals surface area contributed by atoms with Crippen molar-refractivity contribution in [2.75, 3.05) is 19.0 Å². The molecule has 1 aromatic rings. The lowest BCUT2D eigenvalue weighted by molar-refractivity contribution is -0.0578. The van der Waals surface area contributed by atoms with Gasteiger partial charge >= 0.3 is 0 Å². The predicted octanol–water partition coefficient (Wildman–Crippen LogP) is 1.45. The first-order valence-electron chi connectivity index (χ1n) is 5.54. The Morgan fingerprint density at radius 1 is 1.65 bits per heavy atom. The first-order chi connectivity index (χ1) is 8.10. The Bertz CT molecular complexity index is 407. The molecule has 0 aliphatic carbocycles. The van der Waals surface area contributed by atoms with Gasteiger partial charge in [0, 0.05) is 19.2 Å². The van der Waals surface area contributed by atoms with E-state index in [1.54, 1.807) is 17.9 Å². The van der Waals surface area contributed by atoms with E-state index in [2.05, 4.69) is 5.16 Å². The minimum atomic E-state index is -0.157. The van der Waals surface area contributed by atoms with Gasteiger partial charge in [0.1, 0.15) is 0 Å². The Hall–Kier alpha value is -1.07. The number of morpholine rings is 1. The molecule has 0 spiro atoms. The number of ether oxygens (including phenoxy) is 1. The molecular weight excluding hydrogens is 244 g/mol. The Balaban J connectivity index is 2.08. The molecule has 1 saturated heterocycles. The SMILES string of the molecule is Cc1cc(C(=O)N2CC(C)OC(CCl)C2)on1. The van der Waals surface area contributed by atoms with Crippen molar-refractivity contribution in [1.29, 1.82) is 0 Å². The first-order valence-corrected chi connectivity index (χ1v) is 6.07. The highest BCUT2D eigenvalue weighted by Gasteiger charge is 2.30. The number of nitrogens with zero attached hydrogens (tertiary/aromatic N) is 2. The monoisotopic (exact) mass is 258 g/mol. The van der Waals surface area contributed by atoms with Gasteiger partial charge in [0.25, 0.3) is 5.91 Å². The maximum absolute atomic E-state index is 12.1. The van der Waals surface area contributed by atoms with E-state index in [1.165, 1.54) is 0 Å². The van der Waals surface area contributed by atoms with Crippen LogP contribution in [-0.2, 0) is 4.74 Å². The molecule has 17 heavy (non-hydrogen) atoms. The second kappa shape index (κ2) is 5.06. The Morgan fingerprint density at radius 3 is 3.00 bits per heavy atom. The maximum Gasteiger partial charge on any atom is 0.292 e. The van der Waals surface area contributed by atoms with Crippen LogP contribution in [0, 0.1) is 6.92 Å². The van der Waals surface area contributed by atoms with Crippen molar-refractivity contribution >= 4 is 17.5 Å². The lowest BCUT2D eigenvalue weighted by Gasteiger charge is -2.35. The van der Waals surface area contributed by atoms with Crippen LogP contribution in [0.3, 0.4) is 0 Å². The molecule has 94 valence electrons. The standard InChI is InChI=1S/C11H15ClN2O3/c1-7-3-10(17-13-7)11(15)14-5-8(2)16-9(4-12)6-14/h3,8-9H,4-6H2,1-2H3. The van der Waals surface area contributed by atoms with E-state index in [9.17, 15) is 4.79 Å². The van der Waals surface area contributed by atoms with Crippen LogP contribution in [0.4, 0.5) is 0 Å². The number of halogens is 1. The summed E-state index contributed by atoms with van der Waals surface area (Å²) in [6.45, 7) is 4.74. The molecule has 1 aliphatic heterocycles. The number of hydrogen-bond acceptors (Lipinski definition) is 4. The van der Waals surface area contributed by atoms with Crippen molar-refractivity contribution in [1.82, 2.24) is 10.1 Å². The van der Waals surface area contributed by atoms with Gasteiger partial charge in [0.15, 0.2) is 0 Å². The molecule has 6 heteroatoms. The molecule has 0 bridgehead atoms. The normalized spacial score (nSPS) is 25.0. The lowest BCUT2D eigenvalue weighted by Crippen LogP contribution is -2.49. The summed E-state index contributed by atoms with van der Waals surface area (Å²) in [5.74, 6) is 0.490. The summed E-state index contributed by atoms with van der Waals surface area (Å²) in [6, 6.07) is 1.64. The second-order valence-corrected chi connectivity index (χ2v) is 4.57. The van der Waals surface area contributed by atoms with Gasteiger partial charge in [-0.25, -0.2) is 0 Å². The molecule has 2 atom stereocenters. The molecule has 0 radical (unpaired) electrons. The summed E-state index contributed by atoms with van der Waals surface area (Å²) >= 11 is 5.77. The quantitative estimate of drug-likeness (QED) is 0.754. The number of alkyl halides is 1. The fourth-order valence-corrected chi connectivity index (χ4v) is 2.09. The van der Waals surface area contributed by atoms with Gasteiger partial charge in [-0.3, -0.25) is 4.79 Å². The van der Waals surface area contributed by atoms with Crippen LogP contribution in [0.5, 0.6) is 0 Å². The van der Waals surface area contributed by atoms with Crippen LogP contribution in [0.1, 0.15) is 23.2 Å². The first kappa shape index (κ1) is 12.4. The van der Waals surface area contributed by atoms with E-state index >= 15 is 0 Å². The van der Waals surface area contributed by atoms with Crippen LogP contribution in [0.25, 0.3) is 0 Å². The topological polar surface area (TPSA) is 55.6 Å². The summed E-state index contributed by atoms with van der Waals surface area (Å²) in [7, 11) is 0. The van der Waals surface area contributed by atoms with E-state index in [1.807, 2.05) is 6.92 Å². The molecule has 1 fully saturated rings. The van der Waals surface area contributed by atoms with Crippen LogP contribution in [0.15, 0.2) is 10.6 Å². The molecule has 0 aromatic carbocycles. The van der Waals surface area contributed by atoms with Crippen molar-refractivity contribution in [3.05, 3.63) is 17.5 Å². The van der Waals surface area contributed by atoms with Crippen molar-refractivity contribution in [2.24, 2.45) is 0 Å². The molecule has 0 N–H and O–H groups in total. The lowest BCUT2D eigenvalue weighted by atomic mass is 10.2. The van der Waals surface area contributed by atoms with E-state index in [0.29, 0.717) is 24.7 Å². The molecule has 1 aliphatic rings. The second-order valence-electron chi connectivity index (χ2n) is 4.27. The van der Waals surface area contributed by atoms with Crippen LogP contribution < -0.4 is 0 Å². The molecule has 2 rings (SSSR count). The number of amides is 1. The summed E-state index contributed by atoms with van der Waals surface area (Å²) < 4.78 is 10.6. The average molecular weight is 259 g/mol. The molecule has 1 amide bonds. The summed E-state index contributed by atoms with van der Waals surface area (Å²) in [5, 5.41) is 3.71. The van der Waals surface area contributed by atoms with Crippen LogP contribution >= 0.6 is 11.6 Å². The van der Waals surface area contributed by atoms with Gasteiger partial charge < -0.3 is 14.2 Å². The summed E-state index contributed by atoms with van der Waals surface area (Å²) in [5.41, 5.74) is 0.698. The van der Waals surface area contributed by atoms with Gasteiger partial charge in [-0.05, 0) is 13.8 Å². The number of carbonyl (C=O) groups excluding carboxylic acids is 1. The average Bonchev–Trinajstić information content (AvgIpc) is 2.74. The van der Waals surface area contributed by atoms with E-state index < -0.39 is 0 Å². The number of rotatable bonds is 2. The minimum Gasteiger partial charge on any atom is -0.370 e. The van der Waals surface area contributed by atoms with E-state index in [4.69, 9.17) is 20.9 Å². The third-order valence-corrected chi connectivity index (χ3v) is 2.97. The highest BCUT2D eigenvalue weighted by Crippen LogP contribution is 2.15. The van der Waals surface area contributed by atoms with Gasteiger partial charge in [0.05, 0.1) is 23.8 Å². The summed E-state index contributed by atoms with van der Waals surface area (Å²) in [6.07, 6.45) is -0.131. The Morgan fingerprint density at radius 2 is 2.41 bits per heavy atom. The molecular formula is C11H15ClN2O3. The molecule has 2 heterocycles. The van der Waals surface area contributed by atoms with Gasteiger partial charge in [-0.1, -0.05) is 5.16 Å². The van der Waals surface area contributed by atoms with E-state index in [0.717, 1.165) is 0 Å². The highest BCUT2D eigenvalue weighted by molar-refractivity contribution is 6.18. The van der Waals surface area contributed by atoms with E-state index in [-0.39, 0.29) is 23.9 Å². The van der Waals surface area contributed by atoms with Crippen LogP contribution in [-0.4, -0.2) is 47.1 Å². The maximum atomic E-state index is 12.1. The van der Waals surface area contributed by atoms with Crippen LogP contribution in [0.2, 0.25) is 0 Å². The molecule has 5 nitrogen and oxygen atoms in total. The number of aromatic nitrogens is 1. The number of hydrogen-bond donors (Lipinski definition) is 0. The highest BCUT2D eigenvalue weighted by atomic mass is 35.5. The zero-order chi connectivity index (χ0) is 12.4. The number of aryl methyl sites for hydroxylation is 1. The minimum absolute atomic E-state index is 0.0135. The van der Waals surface area contributed by atoms with Gasteiger partial charge in [-0.15, -0.1) is 11.6 Å². The predicted molar refractivity (Wildman–Crippen MR) is 62.2 cm³/mol. The Kier molecular flexibility index (Phi) is 3.69. The molecule has 1 aromatic heterocycles. The van der Waals surface area contributed by atoms with Gasteiger partial charge in [-0.2, -0.15) is 0 Å². The smallest absolute Gasteiger partial charge is 0.292 e. The molecule has 2 unspecified atom stereocenters. The van der Waals surface area contributed by atoms with Crippen molar-refractivity contribution in [2.45, 2.75) is 26.1 Å². The fourth-order valence-electron chi connectivity index (χ4n) is 1.92. The molecule has 0 saturated carbocycles. The van der Waals surface area contributed by atoms with Gasteiger partial charge in [0.2, 0.25) is 5.76 Å². The van der Waals surface area contributed by atoms with Crippen molar-refractivity contribution < 1.29 is 14.1 Å². The zero-order valence-electron chi connectivity index (χ0n) is 9.85. The zero-order valence-corrected chi connectivity index (χ0v) is 10.6. The largest absolute Gasteiger partial charge is 0.370 e. The fraction of sp³-hybridized carbons (Fsp3) is 0.636. The third-order valence-electron chi connectivity index (χ3n) is 2.62. The van der Waals surface area contributed by atoms with Crippen molar-refractivity contribution in [3.8, 4) is 0 Å². The van der Waals surface area contributed by atoms with Crippen molar-refractivity contribution in [3.63, 3.8) is 0 Å². The number of carbonyl (C=O) groups is 1. The third kappa shape index (κ3) is 2.79. The summed E-state index contributed by atoms with van der Waals surface area (Å²) in [4.78, 5) is 13.8. The Labute approximate surface area is 105 Å².